The second-order valence-electron chi connectivity index (χ2n) is 7.33. The number of aromatic amines is 1. The molecule has 158 valence electrons. The molecule has 0 fully saturated rings. The van der Waals surface area contributed by atoms with Gasteiger partial charge in [-0.25, -0.2) is 4.79 Å². The third-order valence-corrected chi connectivity index (χ3v) is 6.08. The minimum absolute atomic E-state index is 0.0747. The molecule has 0 saturated heterocycles. The van der Waals surface area contributed by atoms with Crippen LogP contribution in [0.4, 0.5) is 15.5 Å². The van der Waals surface area contributed by atoms with Crippen LogP contribution in [0.15, 0.2) is 66.9 Å². The first-order valence-electron chi connectivity index (χ1n) is 9.90. The van der Waals surface area contributed by atoms with E-state index in [2.05, 4.69) is 16.4 Å². The van der Waals surface area contributed by atoms with Crippen LogP contribution in [0, 0.1) is 17.0 Å². The lowest BCUT2D eigenvalue weighted by Gasteiger charge is -2.22. The van der Waals surface area contributed by atoms with Gasteiger partial charge in [0.2, 0.25) is 0 Å². The average Bonchev–Trinajstić information content (AvgIpc) is 3.38. The molecule has 4 aromatic rings. The minimum atomic E-state index is -0.405. The van der Waals surface area contributed by atoms with Gasteiger partial charge in [0.15, 0.2) is 0 Å². The van der Waals surface area contributed by atoms with Crippen molar-refractivity contribution in [3.63, 3.8) is 0 Å². The van der Waals surface area contributed by atoms with Crippen molar-refractivity contribution < 1.29 is 9.72 Å². The van der Waals surface area contributed by atoms with Crippen molar-refractivity contribution >= 4 is 39.0 Å². The lowest BCUT2D eigenvalue weighted by molar-refractivity contribution is -0.380. The standard InChI is InChI=1S/C23H22N4O3S/c1-16-5-4-6-18(13-16)25-23(28)26(15-19-9-10-22(31-19)27(29)30)12-11-17-14-24-21-8-3-2-7-20(17)21/h2-10,13-14,24H,11-12,15H2,1H3,(H,25,28). The first-order chi connectivity index (χ1) is 15.0. The van der Waals surface area contributed by atoms with Crippen LogP contribution in [0.2, 0.25) is 0 Å². The van der Waals surface area contributed by atoms with Gasteiger partial charge in [-0.2, -0.15) is 0 Å². The normalized spacial score (nSPS) is 10.9. The Balaban J connectivity index is 1.53. The largest absolute Gasteiger partial charge is 0.361 e. The summed E-state index contributed by atoms with van der Waals surface area (Å²) < 4.78 is 0. The van der Waals surface area contributed by atoms with Crippen molar-refractivity contribution in [1.82, 2.24) is 9.88 Å². The van der Waals surface area contributed by atoms with Crippen LogP contribution < -0.4 is 5.32 Å². The number of thiophene rings is 1. The van der Waals surface area contributed by atoms with Crippen LogP contribution in [-0.4, -0.2) is 27.4 Å². The second-order valence-corrected chi connectivity index (χ2v) is 8.47. The zero-order valence-corrected chi connectivity index (χ0v) is 17.8. The Morgan fingerprint density at radius 2 is 2.00 bits per heavy atom. The fourth-order valence-corrected chi connectivity index (χ4v) is 4.35. The maximum Gasteiger partial charge on any atom is 0.324 e. The van der Waals surface area contributed by atoms with Crippen molar-refractivity contribution in [2.24, 2.45) is 0 Å². The fraction of sp³-hybridized carbons (Fsp3) is 0.174. The van der Waals surface area contributed by atoms with Crippen LogP contribution in [0.3, 0.4) is 0 Å². The van der Waals surface area contributed by atoms with Crippen LogP contribution in [0.5, 0.6) is 0 Å². The van der Waals surface area contributed by atoms with Gasteiger partial charge in [0.25, 0.3) is 0 Å². The molecule has 0 aliphatic carbocycles. The van der Waals surface area contributed by atoms with Crippen LogP contribution in [-0.2, 0) is 13.0 Å². The molecular formula is C23H22N4O3S. The molecule has 0 unspecified atom stereocenters. The first-order valence-corrected chi connectivity index (χ1v) is 10.7. The van der Waals surface area contributed by atoms with Gasteiger partial charge >= 0.3 is 11.0 Å². The summed E-state index contributed by atoms with van der Waals surface area (Å²) in [6, 6.07) is 18.6. The van der Waals surface area contributed by atoms with E-state index in [-0.39, 0.29) is 11.0 Å². The smallest absolute Gasteiger partial charge is 0.324 e. The van der Waals surface area contributed by atoms with Gasteiger partial charge < -0.3 is 15.2 Å². The van der Waals surface area contributed by atoms with Gasteiger partial charge in [0.05, 0.1) is 11.5 Å². The predicted molar refractivity (Wildman–Crippen MR) is 124 cm³/mol. The number of urea groups is 1. The Morgan fingerprint density at radius 3 is 2.77 bits per heavy atom. The van der Waals surface area contributed by atoms with Crippen LogP contribution in [0.25, 0.3) is 10.9 Å². The number of nitro groups is 1. The third-order valence-electron chi connectivity index (χ3n) is 5.06. The minimum Gasteiger partial charge on any atom is -0.361 e. The van der Waals surface area contributed by atoms with E-state index in [9.17, 15) is 14.9 Å². The summed E-state index contributed by atoms with van der Waals surface area (Å²) in [6.07, 6.45) is 2.63. The zero-order chi connectivity index (χ0) is 21.8. The summed E-state index contributed by atoms with van der Waals surface area (Å²) >= 11 is 1.09. The van der Waals surface area contributed by atoms with Gasteiger partial charge in [0, 0.05) is 40.3 Å². The summed E-state index contributed by atoms with van der Waals surface area (Å²) in [5.41, 5.74) is 3.96. The van der Waals surface area contributed by atoms with Crippen molar-refractivity contribution in [2.75, 3.05) is 11.9 Å². The van der Waals surface area contributed by atoms with Gasteiger partial charge in [-0.1, -0.05) is 41.7 Å². The summed E-state index contributed by atoms with van der Waals surface area (Å²) in [4.78, 5) is 29.4. The lowest BCUT2D eigenvalue weighted by atomic mass is 10.1. The van der Waals surface area contributed by atoms with E-state index in [1.807, 2.05) is 55.6 Å². The zero-order valence-electron chi connectivity index (χ0n) is 17.0. The topological polar surface area (TPSA) is 91.3 Å². The number of hydrogen-bond donors (Lipinski definition) is 2. The number of benzene rings is 2. The van der Waals surface area contributed by atoms with Crippen molar-refractivity contribution in [3.05, 3.63) is 93.0 Å². The molecule has 0 aliphatic heterocycles. The van der Waals surface area contributed by atoms with Gasteiger partial charge in [0.1, 0.15) is 0 Å². The highest BCUT2D eigenvalue weighted by Gasteiger charge is 2.18. The highest BCUT2D eigenvalue weighted by molar-refractivity contribution is 7.15. The molecule has 0 radical (unpaired) electrons. The fourth-order valence-electron chi connectivity index (χ4n) is 3.51. The summed E-state index contributed by atoms with van der Waals surface area (Å²) in [5, 5.41) is 15.2. The second kappa shape index (κ2) is 9.01. The lowest BCUT2D eigenvalue weighted by Crippen LogP contribution is -2.35. The maximum atomic E-state index is 13.1. The number of hydrogen-bond acceptors (Lipinski definition) is 4. The molecule has 0 spiro atoms. The number of carbonyl (C=O) groups is 1. The van der Waals surface area contributed by atoms with Gasteiger partial charge in [-0.15, -0.1) is 0 Å². The number of para-hydroxylation sites is 1. The molecule has 0 aliphatic rings. The number of rotatable bonds is 7. The molecule has 4 rings (SSSR count). The number of carbonyl (C=O) groups excluding carboxylic acids is 1. The molecule has 8 heteroatoms. The summed E-state index contributed by atoms with van der Waals surface area (Å²) in [7, 11) is 0. The van der Waals surface area contributed by atoms with Crippen LogP contribution >= 0.6 is 11.3 Å². The van der Waals surface area contributed by atoms with E-state index < -0.39 is 4.92 Å². The van der Waals surface area contributed by atoms with E-state index in [0.717, 1.165) is 43.9 Å². The predicted octanol–water partition coefficient (Wildman–Crippen LogP) is 5.72. The number of amides is 2. The molecule has 0 atom stereocenters. The van der Waals surface area contributed by atoms with E-state index in [4.69, 9.17) is 0 Å². The molecule has 2 aromatic carbocycles. The molecule has 2 aromatic heterocycles. The molecular weight excluding hydrogens is 412 g/mol. The quantitative estimate of drug-likeness (QED) is 0.288. The molecule has 0 bridgehead atoms. The molecule has 2 heterocycles. The Kier molecular flexibility index (Phi) is 5.99. The number of anilines is 1. The number of aromatic nitrogens is 1. The summed E-state index contributed by atoms with van der Waals surface area (Å²) in [6.45, 7) is 2.75. The Labute approximate surface area is 183 Å². The van der Waals surface area contributed by atoms with Crippen LogP contribution in [0.1, 0.15) is 16.0 Å². The Hall–Kier alpha value is -3.65. The molecule has 2 amide bonds. The van der Waals surface area contributed by atoms with E-state index >= 15 is 0 Å². The highest BCUT2D eigenvalue weighted by atomic mass is 32.1. The van der Waals surface area contributed by atoms with Crippen molar-refractivity contribution in [1.29, 1.82) is 0 Å². The summed E-state index contributed by atoms with van der Waals surface area (Å²) in [5.74, 6) is 0. The van der Waals surface area contributed by atoms with E-state index in [1.165, 1.54) is 6.07 Å². The average molecular weight is 435 g/mol. The molecule has 31 heavy (non-hydrogen) atoms. The number of nitrogens with one attached hydrogen (secondary N) is 2. The SMILES string of the molecule is Cc1cccc(NC(=O)N(CCc2c[nH]c3ccccc23)Cc2ccc([N+](=O)[O-])s2)c1. The maximum absolute atomic E-state index is 13.1. The molecule has 7 nitrogen and oxygen atoms in total. The first kappa shape index (κ1) is 20.6. The Morgan fingerprint density at radius 1 is 1.16 bits per heavy atom. The Bertz CT molecular complexity index is 1230. The monoisotopic (exact) mass is 434 g/mol. The van der Waals surface area contributed by atoms with E-state index in [1.54, 1.807) is 11.0 Å². The molecule has 2 N–H and O–H groups in total. The van der Waals surface area contributed by atoms with Gasteiger partial charge in [-0.3, -0.25) is 10.1 Å². The number of H-pyrrole nitrogens is 1. The van der Waals surface area contributed by atoms with Crippen molar-refractivity contribution in [3.8, 4) is 0 Å². The number of nitrogens with zero attached hydrogens (tertiary/aromatic N) is 2. The molecule has 0 saturated carbocycles. The van der Waals surface area contributed by atoms with Gasteiger partial charge in [-0.05, 0) is 48.7 Å². The van der Waals surface area contributed by atoms with Crippen molar-refractivity contribution in [2.45, 2.75) is 19.9 Å². The highest BCUT2D eigenvalue weighted by Crippen LogP contribution is 2.26. The number of fused-ring (bicyclic) bond motifs is 1. The number of aryl methyl sites for hydroxylation is 1. The third kappa shape index (κ3) is 4.92. The van der Waals surface area contributed by atoms with E-state index in [0.29, 0.717) is 19.5 Å².